The maximum Gasteiger partial charge on any atom is 0.262 e. The van der Waals surface area contributed by atoms with E-state index in [4.69, 9.17) is 0 Å². The van der Waals surface area contributed by atoms with Crippen LogP contribution in [0.4, 0.5) is 0 Å². The van der Waals surface area contributed by atoms with Crippen LogP contribution >= 0.6 is 0 Å². The van der Waals surface area contributed by atoms with Gasteiger partial charge in [0.1, 0.15) is 5.52 Å². The Balaban J connectivity index is 1.83. The average molecular weight is 348 g/mol. The summed E-state index contributed by atoms with van der Waals surface area (Å²) >= 11 is 0. The lowest BCUT2D eigenvalue weighted by atomic mass is 10.1. The van der Waals surface area contributed by atoms with Crippen molar-refractivity contribution in [1.29, 1.82) is 0 Å². The topological polar surface area (TPSA) is 53.9 Å². The molecule has 1 unspecified atom stereocenters. The third-order valence-corrected chi connectivity index (χ3v) is 5.38. The molecular formula is C21H24N4O. The van der Waals surface area contributed by atoms with Gasteiger partial charge in [-0.1, -0.05) is 11.8 Å². The van der Waals surface area contributed by atoms with Gasteiger partial charge in [0.15, 0.2) is 0 Å². The molecule has 1 N–H and O–H groups in total. The van der Waals surface area contributed by atoms with E-state index in [1.165, 1.54) is 12.8 Å². The monoisotopic (exact) mass is 348 g/mol. The first-order chi connectivity index (χ1) is 12.6. The number of rotatable bonds is 2. The van der Waals surface area contributed by atoms with Crippen molar-refractivity contribution in [3.63, 3.8) is 0 Å². The number of aromatic nitrogens is 3. The Morgan fingerprint density at radius 2 is 2.08 bits per heavy atom. The zero-order valence-electron chi connectivity index (χ0n) is 15.6. The molecular weight excluding hydrogens is 324 g/mol. The molecule has 1 saturated heterocycles. The van der Waals surface area contributed by atoms with E-state index in [2.05, 4.69) is 39.9 Å². The van der Waals surface area contributed by atoms with Crippen LogP contribution < -0.4 is 5.56 Å². The van der Waals surface area contributed by atoms with Crippen LogP contribution in [0.5, 0.6) is 0 Å². The molecule has 1 aliphatic rings. The molecule has 0 bridgehead atoms. The highest BCUT2D eigenvalue weighted by Crippen LogP contribution is 2.24. The van der Waals surface area contributed by atoms with E-state index in [9.17, 15) is 4.79 Å². The van der Waals surface area contributed by atoms with Crippen LogP contribution in [0.25, 0.3) is 21.8 Å². The molecule has 1 aliphatic heterocycles. The molecule has 3 heterocycles. The van der Waals surface area contributed by atoms with Crippen LogP contribution in [0, 0.1) is 18.8 Å². The largest absolute Gasteiger partial charge is 0.308 e. The summed E-state index contributed by atoms with van der Waals surface area (Å²) in [4.78, 5) is 15.2. The van der Waals surface area contributed by atoms with Gasteiger partial charge in [-0.05, 0) is 64.9 Å². The van der Waals surface area contributed by atoms with Crippen LogP contribution in [0.3, 0.4) is 0 Å². The molecule has 1 fully saturated rings. The summed E-state index contributed by atoms with van der Waals surface area (Å²) in [5.74, 6) is 6.70. The highest BCUT2D eigenvalue weighted by Gasteiger charge is 2.16. The minimum absolute atomic E-state index is 0.0164. The van der Waals surface area contributed by atoms with Crippen molar-refractivity contribution in [2.24, 2.45) is 0 Å². The predicted molar refractivity (Wildman–Crippen MR) is 105 cm³/mol. The van der Waals surface area contributed by atoms with Crippen molar-refractivity contribution in [3.8, 4) is 11.8 Å². The van der Waals surface area contributed by atoms with Crippen LogP contribution in [-0.2, 0) is 6.54 Å². The van der Waals surface area contributed by atoms with E-state index in [-0.39, 0.29) is 11.6 Å². The van der Waals surface area contributed by atoms with E-state index in [1.807, 2.05) is 30.5 Å². The second-order valence-electron chi connectivity index (χ2n) is 7.04. The van der Waals surface area contributed by atoms with E-state index in [1.54, 1.807) is 0 Å². The molecule has 134 valence electrons. The first-order valence-corrected chi connectivity index (χ1v) is 9.37. The molecule has 1 atom stereocenters. The number of fused-ring (bicyclic) bond motifs is 3. The molecule has 2 aromatic heterocycles. The Hall–Kier alpha value is -2.58. The third kappa shape index (κ3) is 2.71. The standard InChI is InChI=1S/C21H24N4O/c1-4-25-18-10-9-16(8-7-14(2)24-11-5-6-12-24)13-17(18)20-19(21(25)26)15(3)22-23-20/h9-10,13-14H,4-6,11-12H2,1-3H3,(H,22,23). The van der Waals surface area contributed by atoms with Crippen molar-refractivity contribution in [1.82, 2.24) is 19.7 Å². The lowest BCUT2D eigenvalue weighted by Crippen LogP contribution is -2.28. The molecule has 1 aromatic carbocycles. The first-order valence-electron chi connectivity index (χ1n) is 9.37. The molecule has 0 amide bonds. The fourth-order valence-corrected chi connectivity index (χ4v) is 3.89. The molecule has 3 aromatic rings. The lowest BCUT2D eigenvalue weighted by Gasteiger charge is -2.18. The van der Waals surface area contributed by atoms with Gasteiger partial charge in [0, 0.05) is 23.2 Å². The van der Waals surface area contributed by atoms with Gasteiger partial charge in [0.25, 0.3) is 5.56 Å². The number of hydrogen-bond donors (Lipinski definition) is 1. The predicted octanol–water partition coefficient (Wildman–Crippen LogP) is 3.04. The molecule has 0 radical (unpaired) electrons. The SMILES string of the molecule is CCn1c(=O)c2c(C)[nH]nc2c2cc(C#CC(C)N3CCCC3)ccc21. The zero-order chi connectivity index (χ0) is 18.3. The van der Waals surface area contributed by atoms with Crippen molar-refractivity contribution in [3.05, 3.63) is 39.8 Å². The number of pyridine rings is 1. The van der Waals surface area contributed by atoms with Crippen molar-refractivity contribution in [2.45, 2.75) is 46.2 Å². The highest BCUT2D eigenvalue weighted by molar-refractivity contribution is 6.04. The minimum Gasteiger partial charge on any atom is -0.308 e. The highest BCUT2D eigenvalue weighted by atomic mass is 16.1. The van der Waals surface area contributed by atoms with Gasteiger partial charge in [0.2, 0.25) is 0 Å². The molecule has 5 nitrogen and oxygen atoms in total. The summed E-state index contributed by atoms with van der Waals surface area (Å²) in [6.07, 6.45) is 2.54. The summed E-state index contributed by atoms with van der Waals surface area (Å²) in [7, 11) is 0. The molecule has 4 rings (SSSR count). The van der Waals surface area contributed by atoms with Crippen LogP contribution in [0.2, 0.25) is 0 Å². The average Bonchev–Trinajstić information content (AvgIpc) is 3.30. The van der Waals surface area contributed by atoms with E-state index in [0.29, 0.717) is 11.9 Å². The van der Waals surface area contributed by atoms with Crippen LogP contribution in [0.1, 0.15) is 37.9 Å². The summed E-state index contributed by atoms with van der Waals surface area (Å²) < 4.78 is 1.81. The van der Waals surface area contributed by atoms with Gasteiger partial charge >= 0.3 is 0 Å². The minimum atomic E-state index is 0.0164. The molecule has 26 heavy (non-hydrogen) atoms. The Bertz CT molecular complexity index is 1090. The molecule has 0 spiro atoms. The fraction of sp³-hybridized carbons (Fsp3) is 0.429. The van der Waals surface area contributed by atoms with E-state index in [0.717, 1.165) is 40.8 Å². The van der Waals surface area contributed by atoms with Crippen LogP contribution in [-0.4, -0.2) is 38.8 Å². The molecule has 0 aliphatic carbocycles. The second kappa shape index (κ2) is 6.62. The number of H-pyrrole nitrogens is 1. The second-order valence-corrected chi connectivity index (χ2v) is 7.04. The van der Waals surface area contributed by atoms with Gasteiger partial charge in [-0.2, -0.15) is 5.10 Å². The number of likely N-dealkylation sites (tertiary alicyclic amines) is 1. The number of nitrogens with one attached hydrogen (secondary N) is 1. The number of hydrogen-bond acceptors (Lipinski definition) is 3. The van der Waals surface area contributed by atoms with E-state index >= 15 is 0 Å². The van der Waals surface area contributed by atoms with Gasteiger partial charge in [-0.25, -0.2) is 0 Å². The maximum absolute atomic E-state index is 12.8. The third-order valence-electron chi connectivity index (χ3n) is 5.38. The number of benzene rings is 1. The summed E-state index contributed by atoms with van der Waals surface area (Å²) in [6, 6.07) is 6.33. The Kier molecular flexibility index (Phi) is 4.29. The van der Waals surface area contributed by atoms with E-state index < -0.39 is 0 Å². The van der Waals surface area contributed by atoms with Crippen molar-refractivity contribution < 1.29 is 0 Å². The zero-order valence-corrected chi connectivity index (χ0v) is 15.6. The van der Waals surface area contributed by atoms with Gasteiger partial charge in [0.05, 0.1) is 16.9 Å². The molecule has 5 heteroatoms. The summed E-state index contributed by atoms with van der Waals surface area (Å²) in [6.45, 7) is 8.97. The summed E-state index contributed by atoms with van der Waals surface area (Å²) in [5, 5.41) is 9.00. The number of nitrogens with zero attached hydrogens (tertiary/aromatic N) is 3. The Labute approximate surface area is 153 Å². The summed E-state index contributed by atoms with van der Waals surface area (Å²) in [5.41, 5.74) is 3.45. The quantitative estimate of drug-likeness (QED) is 0.724. The Morgan fingerprint density at radius 1 is 1.31 bits per heavy atom. The maximum atomic E-state index is 12.8. The molecule has 0 saturated carbocycles. The van der Waals surface area contributed by atoms with Gasteiger partial charge in [-0.15, -0.1) is 0 Å². The fourth-order valence-electron chi connectivity index (χ4n) is 3.89. The Morgan fingerprint density at radius 3 is 2.81 bits per heavy atom. The normalized spacial score (nSPS) is 16.1. The van der Waals surface area contributed by atoms with Crippen molar-refractivity contribution in [2.75, 3.05) is 13.1 Å². The van der Waals surface area contributed by atoms with Crippen molar-refractivity contribution >= 4 is 21.8 Å². The first kappa shape index (κ1) is 16.9. The van der Waals surface area contributed by atoms with Crippen LogP contribution in [0.15, 0.2) is 23.0 Å². The lowest BCUT2D eigenvalue weighted by molar-refractivity contribution is 0.308. The van der Waals surface area contributed by atoms with Gasteiger partial charge in [-0.3, -0.25) is 14.8 Å². The number of aromatic amines is 1. The smallest absolute Gasteiger partial charge is 0.262 e. The number of aryl methyl sites for hydroxylation is 2. The van der Waals surface area contributed by atoms with Gasteiger partial charge < -0.3 is 4.57 Å².